The molecule has 0 spiro atoms. The molecule has 0 aromatic heterocycles. The van der Waals surface area contributed by atoms with Crippen LogP contribution in [0.25, 0.3) is 0 Å². The van der Waals surface area contributed by atoms with Crippen molar-refractivity contribution in [3.8, 4) is 11.5 Å². The quantitative estimate of drug-likeness (QED) is 0.809. The molecule has 0 amide bonds. The van der Waals surface area contributed by atoms with Crippen LogP contribution in [0, 0.1) is 6.92 Å². The van der Waals surface area contributed by atoms with Crippen molar-refractivity contribution in [1.29, 1.82) is 0 Å². The van der Waals surface area contributed by atoms with Gasteiger partial charge in [0.2, 0.25) is 0 Å². The van der Waals surface area contributed by atoms with Gasteiger partial charge in [-0.3, -0.25) is 0 Å². The molecule has 106 valence electrons. The number of aryl methyl sites for hydroxylation is 1. The minimum absolute atomic E-state index is 0.361. The lowest BCUT2D eigenvalue weighted by atomic mass is 10.0. The molecule has 0 fully saturated rings. The fraction of sp³-hybridized carbons (Fsp3) is 0.294. The Morgan fingerprint density at radius 2 is 2.00 bits per heavy atom. The van der Waals surface area contributed by atoms with E-state index in [4.69, 9.17) is 4.74 Å². The molecular weight excluding hydrogens is 314 g/mol. The van der Waals surface area contributed by atoms with E-state index in [0.29, 0.717) is 6.04 Å². The van der Waals surface area contributed by atoms with E-state index in [1.807, 2.05) is 31.3 Å². The lowest BCUT2D eigenvalue weighted by Crippen LogP contribution is -2.14. The zero-order valence-electron chi connectivity index (χ0n) is 12.1. The number of rotatable bonds is 5. The molecule has 0 saturated carbocycles. The Morgan fingerprint density at radius 3 is 2.65 bits per heavy atom. The van der Waals surface area contributed by atoms with E-state index in [9.17, 15) is 0 Å². The number of nitrogens with one attached hydrogen (secondary N) is 1. The van der Waals surface area contributed by atoms with Crippen LogP contribution in [0.5, 0.6) is 11.5 Å². The third-order valence-corrected chi connectivity index (χ3v) is 3.95. The van der Waals surface area contributed by atoms with Crippen LogP contribution >= 0.6 is 15.9 Å². The Morgan fingerprint density at radius 1 is 1.20 bits per heavy atom. The lowest BCUT2D eigenvalue weighted by molar-refractivity contribution is 0.476. The van der Waals surface area contributed by atoms with Gasteiger partial charge < -0.3 is 10.1 Å². The first-order chi connectivity index (χ1) is 9.63. The zero-order chi connectivity index (χ0) is 14.5. The van der Waals surface area contributed by atoms with E-state index >= 15 is 0 Å². The monoisotopic (exact) mass is 333 g/mol. The molecule has 3 heteroatoms. The van der Waals surface area contributed by atoms with Crippen LogP contribution in [-0.2, 0) is 0 Å². The highest BCUT2D eigenvalue weighted by molar-refractivity contribution is 9.10. The van der Waals surface area contributed by atoms with Crippen LogP contribution in [0.3, 0.4) is 0 Å². The molecule has 1 unspecified atom stereocenters. The summed E-state index contributed by atoms with van der Waals surface area (Å²) in [5, 5.41) is 3.31. The molecule has 0 aliphatic rings. The van der Waals surface area contributed by atoms with Gasteiger partial charge in [0.05, 0.1) is 4.47 Å². The number of hydrogen-bond donors (Lipinski definition) is 1. The average molecular weight is 334 g/mol. The maximum absolute atomic E-state index is 5.97. The van der Waals surface area contributed by atoms with Gasteiger partial charge in [-0.1, -0.05) is 25.1 Å². The Labute approximate surface area is 129 Å². The van der Waals surface area contributed by atoms with Gasteiger partial charge in [-0.05, 0) is 71.7 Å². The Kier molecular flexibility index (Phi) is 5.21. The Hall–Kier alpha value is -1.32. The topological polar surface area (TPSA) is 21.3 Å². The second kappa shape index (κ2) is 6.91. The molecule has 1 N–H and O–H groups in total. The molecule has 20 heavy (non-hydrogen) atoms. The van der Waals surface area contributed by atoms with Crippen LogP contribution in [0.4, 0.5) is 0 Å². The van der Waals surface area contributed by atoms with Crippen molar-refractivity contribution in [2.75, 3.05) is 7.05 Å². The standard InChI is InChI=1S/C17H20BrNO/c1-4-16(19-3)13-6-5-7-14(11-13)20-17-9-8-12(2)10-15(17)18/h5-11,16,19H,4H2,1-3H3. The highest BCUT2D eigenvalue weighted by Crippen LogP contribution is 2.31. The van der Waals surface area contributed by atoms with E-state index in [0.717, 1.165) is 22.4 Å². The highest BCUT2D eigenvalue weighted by atomic mass is 79.9. The molecule has 0 heterocycles. The Balaban J connectivity index is 2.23. The van der Waals surface area contributed by atoms with Crippen LogP contribution in [0.2, 0.25) is 0 Å². The van der Waals surface area contributed by atoms with Gasteiger partial charge in [-0.25, -0.2) is 0 Å². The minimum atomic E-state index is 0.361. The Bertz CT molecular complexity index is 579. The maximum Gasteiger partial charge on any atom is 0.141 e. The molecule has 0 saturated heterocycles. The number of benzene rings is 2. The first-order valence-corrected chi connectivity index (χ1v) is 7.64. The third kappa shape index (κ3) is 3.62. The molecule has 2 aromatic rings. The normalized spacial score (nSPS) is 12.2. The predicted octanol–water partition coefficient (Wildman–Crippen LogP) is 5.22. The largest absolute Gasteiger partial charge is 0.456 e. The molecule has 0 aliphatic carbocycles. The zero-order valence-corrected chi connectivity index (χ0v) is 13.7. The summed E-state index contributed by atoms with van der Waals surface area (Å²) in [5.41, 5.74) is 2.45. The summed E-state index contributed by atoms with van der Waals surface area (Å²) in [5.74, 6) is 1.70. The van der Waals surface area contributed by atoms with Crippen molar-refractivity contribution in [3.05, 3.63) is 58.1 Å². The molecule has 2 aromatic carbocycles. The molecule has 1 atom stereocenters. The van der Waals surface area contributed by atoms with Gasteiger partial charge in [0, 0.05) is 6.04 Å². The van der Waals surface area contributed by atoms with E-state index in [1.165, 1.54) is 11.1 Å². The second-order valence-corrected chi connectivity index (χ2v) is 5.71. The van der Waals surface area contributed by atoms with E-state index < -0.39 is 0 Å². The highest BCUT2D eigenvalue weighted by Gasteiger charge is 2.08. The van der Waals surface area contributed by atoms with Gasteiger partial charge in [0.15, 0.2) is 0 Å². The first-order valence-electron chi connectivity index (χ1n) is 6.85. The van der Waals surface area contributed by atoms with Crippen molar-refractivity contribution < 1.29 is 4.74 Å². The molecule has 2 nitrogen and oxygen atoms in total. The number of hydrogen-bond acceptors (Lipinski definition) is 2. The third-order valence-electron chi connectivity index (χ3n) is 3.33. The van der Waals surface area contributed by atoms with Crippen molar-refractivity contribution in [2.24, 2.45) is 0 Å². The molecular formula is C17H20BrNO. The van der Waals surface area contributed by atoms with Crippen LogP contribution in [-0.4, -0.2) is 7.05 Å². The van der Waals surface area contributed by atoms with Crippen molar-refractivity contribution in [1.82, 2.24) is 5.32 Å². The SMILES string of the molecule is CCC(NC)c1cccc(Oc2ccc(C)cc2Br)c1. The minimum Gasteiger partial charge on any atom is -0.456 e. The molecule has 0 bridgehead atoms. The molecule has 0 aliphatic heterocycles. The van der Waals surface area contributed by atoms with E-state index in [-0.39, 0.29) is 0 Å². The summed E-state index contributed by atoms with van der Waals surface area (Å²) in [6, 6.07) is 14.7. The van der Waals surface area contributed by atoms with Gasteiger partial charge in [-0.2, -0.15) is 0 Å². The number of halogens is 1. The second-order valence-electron chi connectivity index (χ2n) is 4.86. The van der Waals surface area contributed by atoms with Gasteiger partial charge >= 0.3 is 0 Å². The number of ether oxygens (including phenoxy) is 1. The van der Waals surface area contributed by atoms with E-state index in [2.05, 4.69) is 53.3 Å². The maximum atomic E-state index is 5.97. The summed E-state index contributed by atoms with van der Waals surface area (Å²) < 4.78 is 6.94. The van der Waals surface area contributed by atoms with Crippen molar-refractivity contribution in [3.63, 3.8) is 0 Å². The van der Waals surface area contributed by atoms with Crippen LogP contribution < -0.4 is 10.1 Å². The predicted molar refractivity (Wildman–Crippen MR) is 87.5 cm³/mol. The summed E-state index contributed by atoms with van der Waals surface area (Å²) >= 11 is 3.54. The summed E-state index contributed by atoms with van der Waals surface area (Å²) in [6.07, 6.45) is 1.05. The average Bonchev–Trinajstić information content (AvgIpc) is 2.44. The van der Waals surface area contributed by atoms with Gasteiger partial charge in [-0.15, -0.1) is 0 Å². The fourth-order valence-corrected chi connectivity index (χ4v) is 2.79. The summed E-state index contributed by atoms with van der Waals surface area (Å²) in [7, 11) is 1.98. The molecule has 2 rings (SSSR count). The van der Waals surface area contributed by atoms with Gasteiger partial charge in [0.25, 0.3) is 0 Å². The smallest absolute Gasteiger partial charge is 0.141 e. The summed E-state index contributed by atoms with van der Waals surface area (Å²) in [4.78, 5) is 0. The summed E-state index contributed by atoms with van der Waals surface area (Å²) in [6.45, 7) is 4.24. The van der Waals surface area contributed by atoms with Crippen molar-refractivity contribution >= 4 is 15.9 Å². The first kappa shape index (κ1) is 15.1. The fourth-order valence-electron chi connectivity index (χ4n) is 2.22. The van der Waals surface area contributed by atoms with Crippen LogP contribution in [0.1, 0.15) is 30.5 Å². The van der Waals surface area contributed by atoms with Crippen LogP contribution in [0.15, 0.2) is 46.9 Å². The van der Waals surface area contributed by atoms with Crippen molar-refractivity contribution in [2.45, 2.75) is 26.3 Å². The van der Waals surface area contributed by atoms with E-state index in [1.54, 1.807) is 0 Å². The lowest BCUT2D eigenvalue weighted by Gasteiger charge is -2.16. The van der Waals surface area contributed by atoms with Gasteiger partial charge in [0.1, 0.15) is 11.5 Å². The molecule has 0 radical (unpaired) electrons.